The summed E-state index contributed by atoms with van der Waals surface area (Å²) in [7, 11) is -9.89. The number of halogens is 2. The first-order valence-electron chi connectivity index (χ1n) is 26.3. The van der Waals surface area contributed by atoms with Gasteiger partial charge in [0.1, 0.15) is 0 Å². The third-order valence-corrected chi connectivity index (χ3v) is 0. The van der Waals surface area contributed by atoms with Crippen molar-refractivity contribution >= 4 is 0 Å². The van der Waals surface area contributed by atoms with E-state index >= 15 is 0 Å². The zero-order valence-electron chi connectivity index (χ0n) is 61.2. The Hall–Kier alpha value is 4.92. The molecule has 0 aromatic carbocycles. The van der Waals surface area contributed by atoms with Crippen molar-refractivity contribution in [3.8, 4) is 0 Å². The maximum absolute atomic E-state index is 9.53. The zero-order valence-corrected chi connectivity index (χ0v) is 80.6. The first kappa shape index (κ1) is 175. The van der Waals surface area contributed by atoms with Crippen molar-refractivity contribution in [3.63, 3.8) is 0 Å². The molecule has 0 aliphatic heterocycles. The normalized spacial score (nSPS) is 8.73. The summed E-state index contributed by atoms with van der Waals surface area (Å²) in [5, 5.41) is 171. The van der Waals surface area contributed by atoms with Gasteiger partial charge in [-0.2, -0.15) is 0 Å². The van der Waals surface area contributed by atoms with Crippen molar-refractivity contribution in [2.24, 2.45) is 0 Å². The molecule has 0 saturated heterocycles. The average molecular weight is 1850 g/mol. The molecule has 0 saturated carbocycles. The van der Waals surface area contributed by atoms with Crippen LogP contribution in [0.3, 0.4) is 0 Å². The van der Waals surface area contributed by atoms with Gasteiger partial charge < -0.3 is 91.9 Å². The number of hydrogen-bond acceptors (Lipinski definition) is 26. The monoisotopic (exact) mass is 1850 g/mol. The third-order valence-electron chi connectivity index (χ3n) is 0. The van der Waals surface area contributed by atoms with Crippen LogP contribution in [0.25, 0.3) is 0 Å². The first-order valence-corrected chi connectivity index (χ1v) is 28.7. The van der Waals surface area contributed by atoms with Crippen LogP contribution in [-0.4, -0.2) is 110 Å². The molecule has 0 unspecified atom stereocenters. The molecule has 0 aromatic rings. The van der Waals surface area contributed by atoms with Gasteiger partial charge in [0.15, 0.2) is 0 Å². The number of rotatable bonds is 0. The Kier molecular flexibility index (Phi) is 301. The summed E-state index contributed by atoms with van der Waals surface area (Å²) in [6.45, 7) is 58.0. The molecule has 0 fully saturated rings. The molecule has 0 atom stereocenters. The summed E-state index contributed by atoms with van der Waals surface area (Å²) in [4.78, 5) is 0. The van der Waals surface area contributed by atoms with E-state index in [1.165, 1.54) is 0 Å². The minimum atomic E-state index is -4.94. The van der Waals surface area contributed by atoms with Gasteiger partial charge in [-0.25, -0.2) is 37.3 Å². The molecule has 0 bridgehead atoms. The predicted molar refractivity (Wildman–Crippen MR) is 272 cm³/mol. The van der Waals surface area contributed by atoms with Crippen LogP contribution in [0.15, 0.2) is 0 Å². The Morgan fingerprint density at radius 2 is 0.125 bits per heavy atom. The van der Waals surface area contributed by atoms with Crippen molar-refractivity contribution < 1.29 is 309 Å². The van der Waals surface area contributed by atoms with Crippen molar-refractivity contribution in [2.75, 3.05) is 0 Å². The third kappa shape index (κ3) is 30400. The minimum Gasteiger partial charge on any atom is -0.852 e. The van der Waals surface area contributed by atoms with Crippen molar-refractivity contribution in [1.82, 2.24) is 0 Å². The van der Waals surface area contributed by atoms with Crippen LogP contribution in [0, 0.1) is 20.5 Å². The molecule has 0 heterocycles. The van der Waals surface area contributed by atoms with Crippen molar-refractivity contribution in [1.29, 1.82) is 0 Å². The van der Waals surface area contributed by atoms with E-state index in [-0.39, 0.29) is 159 Å². The predicted octanol–water partition coefficient (Wildman–Crippen LogP) is -13.9. The fourth-order valence-corrected chi connectivity index (χ4v) is 0. The Balaban J connectivity index is -0.0000000191. The fraction of sp³-hybridized carbons (Fsp3) is 1.00. The van der Waals surface area contributed by atoms with Gasteiger partial charge in [-0.1, -0.05) is 249 Å². The summed E-state index contributed by atoms with van der Waals surface area (Å²) in [5.74, 6) is 0. The molecule has 0 N–H and O–H groups in total. The van der Waals surface area contributed by atoms with Crippen LogP contribution in [-0.2, 0) is 159 Å². The quantitative estimate of drug-likeness (QED) is 0.203. The Bertz CT molecular complexity index is 568. The van der Waals surface area contributed by atoms with E-state index < -0.39 is 130 Å². The standard InChI is InChI=1S/18C3H7O.2Cd.2ClHO4.4Zr/c18*1-3(2)4;;;2*2-1(3,4)5;;;;/h18*3H,1-2H3;;;2*(H,2,3,4,5);;;;/q18*-1;2*+2;;;4*+4/p-2. The molecule has 88 heavy (non-hydrogen) atoms. The second-order valence-electron chi connectivity index (χ2n) is 19.6. The van der Waals surface area contributed by atoms with Gasteiger partial charge in [0.05, 0.1) is 0 Å². The molecule has 0 amide bonds. The molecule has 532 valence electrons. The minimum absolute atomic E-state index is 0. The summed E-state index contributed by atoms with van der Waals surface area (Å²) in [6.07, 6.45) is -7.50. The molecule has 0 spiro atoms. The van der Waals surface area contributed by atoms with E-state index in [4.69, 9.17) is 37.3 Å². The van der Waals surface area contributed by atoms with E-state index in [1.54, 1.807) is 249 Å². The van der Waals surface area contributed by atoms with E-state index in [0.717, 1.165) is 0 Å². The Morgan fingerprint density at radius 3 is 0.125 bits per heavy atom. The fourth-order valence-electron chi connectivity index (χ4n) is 0. The smallest absolute Gasteiger partial charge is 0.852 e. The van der Waals surface area contributed by atoms with Crippen LogP contribution in [0.2, 0.25) is 0 Å². The molecule has 0 aliphatic rings. The molecule has 0 aliphatic carbocycles. The molecule has 0 aromatic heterocycles. The van der Waals surface area contributed by atoms with E-state index in [1.807, 2.05) is 0 Å². The van der Waals surface area contributed by atoms with E-state index in [2.05, 4.69) is 0 Å². The largest absolute Gasteiger partial charge is 4.00 e. The molecular weight excluding hydrogens is 1730 g/mol. The van der Waals surface area contributed by atoms with Gasteiger partial charge in [-0.15, -0.1) is 130 Å². The maximum Gasteiger partial charge on any atom is 4.00 e. The van der Waals surface area contributed by atoms with Gasteiger partial charge in [-0.3, -0.25) is 0 Å². The second kappa shape index (κ2) is 151. The van der Waals surface area contributed by atoms with Gasteiger partial charge >= 0.3 is 159 Å². The first-order chi connectivity index (χ1) is 35.2. The van der Waals surface area contributed by atoms with Crippen molar-refractivity contribution in [3.05, 3.63) is 0 Å². The van der Waals surface area contributed by atoms with Crippen LogP contribution in [0.1, 0.15) is 249 Å². The summed E-state index contributed by atoms with van der Waals surface area (Å²) in [5.41, 5.74) is 0. The Labute approximate surface area is 660 Å². The average Bonchev–Trinajstić information content (AvgIpc) is 2.98. The second-order valence-corrected chi connectivity index (χ2v) is 21.1. The van der Waals surface area contributed by atoms with E-state index in [9.17, 15) is 91.9 Å². The zero-order chi connectivity index (χ0) is 73.4. The SMILES string of the molecule is CC(C)[O-].CC(C)[O-].CC(C)[O-].CC(C)[O-].CC(C)[O-].CC(C)[O-].CC(C)[O-].CC(C)[O-].CC(C)[O-].CC(C)[O-].CC(C)[O-].CC(C)[O-].CC(C)[O-].CC(C)[O-].CC(C)[O-].CC(C)[O-].CC(C)[O-].CC(C)[O-].[Cd+2].[Cd+2].[O-][Cl+3]([O-])([O-])[O-].[O-][Cl+3]([O-])([O-])[O-].[Zr+4].[Zr+4].[Zr+4].[Zr+4]. The molecule has 26 nitrogen and oxygen atoms in total. The molecule has 0 rings (SSSR count). The molecule has 34 heteroatoms. The van der Waals surface area contributed by atoms with Crippen LogP contribution in [0.5, 0.6) is 0 Å². The van der Waals surface area contributed by atoms with Gasteiger partial charge in [0.25, 0.3) is 0 Å². The Morgan fingerprint density at radius 1 is 0.125 bits per heavy atom. The topological polar surface area (TPSA) is 600 Å². The maximum atomic E-state index is 9.53. The van der Waals surface area contributed by atoms with Gasteiger partial charge in [0.2, 0.25) is 0 Å². The van der Waals surface area contributed by atoms with Gasteiger partial charge in [0, 0.05) is 0 Å². The summed E-state index contributed by atoms with van der Waals surface area (Å²) < 4.78 is 67.9. The number of hydrogen-bond donors (Lipinski definition) is 0. The van der Waals surface area contributed by atoms with Crippen LogP contribution in [0.4, 0.5) is 0 Å². The van der Waals surface area contributed by atoms with Crippen molar-refractivity contribution in [2.45, 2.75) is 359 Å². The molecule has 0 radical (unpaired) electrons. The summed E-state index contributed by atoms with van der Waals surface area (Å²) in [6, 6.07) is 0. The van der Waals surface area contributed by atoms with Crippen LogP contribution >= 0.6 is 0 Å². The molecular formula is C54H126Cd2Cl2O26Zr4. The van der Waals surface area contributed by atoms with Crippen LogP contribution < -0.4 is 129 Å². The summed E-state index contributed by atoms with van der Waals surface area (Å²) >= 11 is 0. The van der Waals surface area contributed by atoms with E-state index in [0.29, 0.717) is 0 Å². The van der Waals surface area contributed by atoms with Gasteiger partial charge in [-0.05, 0) is 0 Å².